The molecule has 0 saturated carbocycles. The van der Waals surface area contributed by atoms with Gasteiger partial charge in [-0.2, -0.15) is 0 Å². The lowest BCUT2D eigenvalue weighted by molar-refractivity contribution is 0.141. The van der Waals surface area contributed by atoms with Gasteiger partial charge >= 0.3 is 0 Å². The smallest absolute Gasteiger partial charge is 0.126 e. The van der Waals surface area contributed by atoms with E-state index < -0.39 is 23.8 Å². The molecule has 0 aliphatic carbocycles. The third-order valence-corrected chi connectivity index (χ3v) is 4.19. The molecule has 0 aromatic heterocycles. The molecule has 4 N–H and O–H groups in total. The second kappa shape index (κ2) is 9.04. The van der Waals surface area contributed by atoms with Crippen LogP contribution in [0.2, 0.25) is 0 Å². The quantitative estimate of drug-likeness (QED) is 0.687. The molecule has 0 spiro atoms. The van der Waals surface area contributed by atoms with Crippen molar-refractivity contribution in [1.82, 2.24) is 5.32 Å². The monoisotopic (exact) mass is 348 g/mol. The summed E-state index contributed by atoms with van der Waals surface area (Å²) < 4.78 is 26.4. The molecule has 2 rings (SSSR count). The fourth-order valence-corrected chi connectivity index (χ4v) is 2.71. The number of hydrogen-bond acceptors (Lipinski definition) is 3. The van der Waals surface area contributed by atoms with Crippen LogP contribution in [0.4, 0.5) is 8.78 Å². The second-order valence-corrected chi connectivity index (χ2v) is 6.74. The number of nitrogens with two attached hydrogens (primary N) is 1. The number of aliphatic hydroxyl groups is 1. The van der Waals surface area contributed by atoms with E-state index in [-0.39, 0.29) is 6.42 Å². The summed E-state index contributed by atoms with van der Waals surface area (Å²) in [4.78, 5) is 0. The van der Waals surface area contributed by atoms with Gasteiger partial charge < -0.3 is 16.2 Å². The third kappa shape index (κ3) is 6.20. The predicted octanol–water partition coefficient (Wildman–Crippen LogP) is 3.11. The van der Waals surface area contributed by atoms with Crippen LogP contribution in [0.25, 0.3) is 0 Å². The Morgan fingerprint density at radius 2 is 1.72 bits per heavy atom. The molecule has 2 aromatic rings. The molecule has 2 atom stereocenters. The minimum atomic E-state index is -0.806. The van der Waals surface area contributed by atoms with E-state index in [1.165, 1.54) is 17.7 Å². The highest BCUT2D eigenvalue weighted by Gasteiger charge is 2.16. The Kier molecular flexibility index (Phi) is 7.05. The summed E-state index contributed by atoms with van der Waals surface area (Å²) >= 11 is 0. The van der Waals surface area contributed by atoms with E-state index in [2.05, 4.69) is 31.3 Å². The summed E-state index contributed by atoms with van der Waals surface area (Å²) in [5, 5.41) is 13.3. The molecule has 3 nitrogen and oxygen atoms in total. The van der Waals surface area contributed by atoms with E-state index in [1.54, 1.807) is 0 Å². The Morgan fingerprint density at radius 1 is 1.04 bits per heavy atom. The van der Waals surface area contributed by atoms with Crippen molar-refractivity contribution in [3.05, 3.63) is 70.8 Å². The van der Waals surface area contributed by atoms with Crippen LogP contribution in [0.5, 0.6) is 0 Å². The Morgan fingerprint density at radius 3 is 2.36 bits per heavy atom. The number of hydrogen-bond donors (Lipinski definition) is 3. The van der Waals surface area contributed by atoms with E-state index in [0.29, 0.717) is 24.6 Å². The summed E-state index contributed by atoms with van der Waals surface area (Å²) in [6.45, 7) is 5.22. The number of halogens is 2. The normalized spacial score (nSPS) is 13.9. The first-order valence-corrected chi connectivity index (χ1v) is 8.53. The lowest BCUT2D eigenvalue weighted by Crippen LogP contribution is -2.43. The second-order valence-electron chi connectivity index (χ2n) is 6.74. The van der Waals surface area contributed by atoms with Crippen molar-refractivity contribution in [2.24, 2.45) is 5.73 Å². The maximum Gasteiger partial charge on any atom is 0.126 e. The molecule has 0 bridgehead atoms. The van der Waals surface area contributed by atoms with Gasteiger partial charge in [-0.1, -0.05) is 38.1 Å². The van der Waals surface area contributed by atoms with Crippen molar-refractivity contribution < 1.29 is 13.9 Å². The SMILES string of the molecule is CC(C)c1cccc(CNC[C@@H](O)[C@@H](N)Cc2cc(F)cc(F)c2)c1. The van der Waals surface area contributed by atoms with E-state index in [0.717, 1.165) is 11.6 Å². The highest BCUT2D eigenvalue weighted by molar-refractivity contribution is 5.25. The number of benzene rings is 2. The zero-order valence-electron chi connectivity index (χ0n) is 14.7. The van der Waals surface area contributed by atoms with Crippen LogP contribution in [0.15, 0.2) is 42.5 Å². The first-order chi connectivity index (χ1) is 11.8. The average molecular weight is 348 g/mol. The van der Waals surface area contributed by atoms with Gasteiger partial charge in [-0.25, -0.2) is 8.78 Å². The highest BCUT2D eigenvalue weighted by Crippen LogP contribution is 2.15. The zero-order valence-corrected chi connectivity index (χ0v) is 14.7. The van der Waals surface area contributed by atoms with Crippen molar-refractivity contribution in [2.45, 2.75) is 44.9 Å². The van der Waals surface area contributed by atoms with Gasteiger partial charge in [0.15, 0.2) is 0 Å². The molecular formula is C20H26F2N2O. The van der Waals surface area contributed by atoms with Crippen LogP contribution < -0.4 is 11.1 Å². The number of nitrogens with one attached hydrogen (secondary N) is 1. The maximum atomic E-state index is 13.2. The Balaban J connectivity index is 1.83. The van der Waals surface area contributed by atoms with Gasteiger partial charge in [-0.15, -0.1) is 0 Å². The van der Waals surface area contributed by atoms with Crippen LogP contribution >= 0.6 is 0 Å². The van der Waals surface area contributed by atoms with Crippen molar-refractivity contribution >= 4 is 0 Å². The molecule has 2 aromatic carbocycles. The van der Waals surface area contributed by atoms with Crippen LogP contribution in [0.3, 0.4) is 0 Å². The molecule has 136 valence electrons. The molecule has 0 radical (unpaired) electrons. The van der Waals surface area contributed by atoms with E-state index in [9.17, 15) is 13.9 Å². The van der Waals surface area contributed by atoms with Crippen molar-refractivity contribution in [3.63, 3.8) is 0 Å². The van der Waals surface area contributed by atoms with E-state index in [1.807, 2.05) is 12.1 Å². The summed E-state index contributed by atoms with van der Waals surface area (Å²) in [6, 6.07) is 11.0. The molecule has 25 heavy (non-hydrogen) atoms. The highest BCUT2D eigenvalue weighted by atomic mass is 19.1. The predicted molar refractivity (Wildman–Crippen MR) is 96.3 cm³/mol. The topological polar surface area (TPSA) is 58.3 Å². The number of aliphatic hydroxyl groups excluding tert-OH is 1. The summed E-state index contributed by atoms with van der Waals surface area (Å²) in [6.07, 6.45) is -0.597. The van der Waals surface area contributed by atoms with Crippen LogP contribution in [-0.4, -0.2) is 23.8 Å². The van der Waals surface area contributed by atoms with Gasteiger partial charge in [0.25, 0.3) is 0 Å². The van der Waals surface area contributed by atoms with Gasteiger partial charge in [0.1, 0.15) is 11.6 Å². The zero-order chi connectivity index (χ0) is 18.4. The molecule has 0 saturated heterocycles. The van der Waals surface area contributed by atoms with Gasteiger partial charge in [0, 0.05) is 25.2 Å². The van der Waals surface area contributed by atoms with Gasteiger partial charge in [0.05, 0.1) is 6.10 Å². The largest absolute Gasteiger partial charge is 0.390 e. The molecule has 0 heterocycles. The molecule has 0 amide bonds. The van der Waals surface area contributed by atoms with E-state index in [4.69, 9.17) is 5.73 Å². The van der Waals surface area contributed by atoms with Crippen LogP contribution in [-0.2, 0) is 13.0 Å². The first kappa shape index (κ1) is 19.5. The molecule has 0 fully saturated rings. The maximum absolute atomic E-state index is 13.2. The van der Waals surface area contributed by atoms with Crippen molar-refractivity contribution in [2.75, 3.05) is 6.54 Å². The van der Waals surface area contributed by atoms with Crippen molar-refractivity contribution in [1.29, 1.82) is 0 Å². The standard InChI is InChI=1S/C20H26F2N2O/c1-13(2)16-5-3-4-14(6-16)11-24-12-20(25)19(23)9-15-7-17(21)10-18(22)8-15/h3-8,10,13,19-20,24-25H,9,11-12,23H2,1-2H3/t19-,20+/m0/s1. The number of rotatable bonds is 8. The minimum Gasteiger partial charge on any atom is -0.390 e. The first-order valence-electron chi connectivity index (χ1n) is 8.53. The minimum absolute atomic E-state index is 0.209. The summed E-state index contributed by atoms with van der Waals surface area (Å²) in [5.41, 5.74) is 8.80. The molecule has 0 aliphatic heterocycles. The van der Waals surface area contributed by atoms with E-state index >= 15 is 0 Å². The lowest BCUT2D eigenvalue weighted by atomic mass is 10.0. The van der Waals surface area contributed by atoms with Gasteiger partial charge in [-0.3, -0.25) is 0 Å². The Labute approximate surface area is 147 Å². The fourth-order valence-electron chi connectivity index (χ4n) is 2.71. The molecule has 0 aliphatic rings. The van der Waals surface area contributed by atoms with Gasteiger partial charge in [-0.05, 0) is 41.2 Å². The molecule has 5 heteroatoms. The van der Waals surface area contributed by atoms with Crippen LogP contribution in [0, 0.1) is 11.6 Å². The fraction of sp³-hybridized carbons (Fsp3) is 0.400. The van der Waals surface area contributed by atoms with Crippen molar-refractivity contribution in [3.8, 4) is 0 Å². The summed E-state index contributed by atoms with van der Waals surface area (Å²) in [7, 11) is 0. The van der Waals surface area contributed by atoms with Crippen LogP contribution in [0.1, 0.15) is 36.5 Å². The molecular weight excluding hydrogens is 322 g/mol. The Hall–Kier alpha value is -1.82. The lowest BCUT2D eigenvalue weighted by Gasteiger charge is -2.20. The Bertz CT molecular complexity index is 671. The molecule has 0 unspecified atom stereocenters. The van der Waals surface area contributed by atoms with Gasteiger partial charge in [0.2, 0.25) is 0 Å². The average Bonchev–Trinajstić information content (AvgIpc) is 2.54. The third-order valence-electron chi connectivity index (χ3n) is 4.19. The summed E-state index contributed by atoms with van der Waals surface area (Å²) in [5.74, 6) is -0.815.